The van der Waals surface area contributed by atoms with Gasteiger partial charge in [0, 0.05) is 24.7 Å². The molecule has 0 radical (unpaired) electrons. The lowest BCUT2D eigenvalue weighted by Gasteiger charge is -2.30. The van der Waals surface area contributed by atoms with Gasteiger partial charge in [-0.05, 0) is 31.9 Å². The summed E-state index contributed by atoms with van der Waals surface area (Å²) in [5.74, 6) is -0.480. The summed E-state index contributed by atoms with van der Waals surface area (Å²) in [5.41, 5.74) is 0.230. The maximum absolute atomic E-state index is 13.6. The standard InChI is InChI=1S/C19H27FN2O2/c20-17-9-5-4-8-16(17)18(23)12-21-19(24)14-10-11-22(13-14)15-6-2-1-3-7-15/h4-5,8-9,14-15,18,23H,1-3,6-7,10-13H2,(H,21,24). The Hall–Kier alpha value is -1.46. The number of rotatable bonds is 5. The molecule has 1 saturated heterocycles. The molecule has 3 rings (SSSR count). The number of hydrogen-bond acceptors (Lipinski definition) is 3. The van der Waals surface area contributed by atoms with E-state index in [0.717, 1.165) is 19.5 Å². The highest BCUT2D eigenvalue weighted by atomic mass is 19.1. The van der Waals surface area contributed by atoms with Crippen LogP contribution in [0.15, 0.2) is 24.3 Å². The van der Waals surface area contributed by atoms with E-state index in [4.69, 9.17) is 0 Å². The van der Waals surface area contributed by atoms with Gasteiger partial charge in [-0.1, -0.05) is 37.5 Å². The van der Waals surface area contributed by atoms with Gasteiger partial charge >= 0.3 is 0 Å². The molecule has 1 amide bonds. The van der Waals surface area contributed by atoms with Crippen molar-refractivity contribution in [1.29, 1.82) is 0 Å². The lowest BCUT2D eigenvalue weighted by atomic mass is 9.94. The number of aliphatic hydroxyl groups excluding tert-OH is 1. The molecule has 24 heavy (non-hydrogen) atoms. The molecule has 2 fully saturated rings. The van der Waals surface area contributed by atoms with Crippen molar-refractivity contribution < 1.29 is 14.3 Å². The van der Waals surface area contributed by atoms with E-state index in [9.17, 15) is 14.3 Å². The highest BCUT2D eigenvalue weighted by Crippen LogP contribution is 2.27. The van der Waals surface area contributed by atoms with E-state index in [-0.39, 0.29) is 23.9 Å². The van der Waals surface area contributed by atoms with E-state index >= 15 is 0 Å². The van der Waals surface area contributed by atoms with Gasteiger partial charge in [-0.15, -0.1) is 0 Å². The fourth-order valence-electron chi connectivity index (χ4n) is 3.98. The number of hydrogen-bond donors (Lipinski definition) is 2. The number of carbonyl (C=O) groups is 1. The average molecular weight is 334 g/mol. The third-order valence-corrected chi connectivity index (χ3v) is 5.42. The second-order valence-corrected chi connectivity index (χ2v) is 7.05. The maximum atomic E-state index is 13.6. The van der Waals surface area contributed by atoms with Crippen LogP contribution in [0, 0.1) is 11.7 Å². The summed E-state index contributed by atoms with van der Waals surface area (Å²) < 4.78 is 13.6. The minimum Gasteiger partial charge on any atom is -0.386 e. The van der Waals surface area contributed by atoms with Gasteiger partial charge in [-0.2, -0.15) is 0 Å². The number of amides is 1. The molecular weight excluding hydrogens is 307 g/mol. The van der Waals surface area contributed by atoms with Crippen LogP contribution in [0.25, 0.3) is 0 Å². The molecular formula is C19H27FN2O2. The first-order valence-electron chi connectivity index (χ1n) is 9.09. The second-order valence-electron chi connectivity index (χ2n) is 7.05. The van der Waals surface area contributed by atoms with Gasteiger partial charge in [-0.3, -0.25) is 9.69 Å². The molecule has 1 heterocycles. The van der Waals surface area contributed by atoms with Crippen LogP contribution in [-0.2, 0) is 4.79 Å². The van der Waals surface area contributed by atoms with Crippen molar-refractivity contribution in [3.05, 3.63) is 35.6 Å². The summed E-state index contributed by atoms with van der Waals surface area (Å²) in [6.45, 7) is 1.85. The minimum absolute atomic E-state index is 0.0141. The number of aliphatic hydroxyl groups is 1. The third-order valence-electron chi connectivity index (χ3n) is 5.42. The van der Waals surface area contributed by atoms with Gasteiger partial charge in [0.15, 0.2) is 0 Å². The Morgan fingerprint density at radius 2 is 2.00 bits per heavy atom. The topological polar surface area (TPSA) is 52.6 Å². The average Bonchev–Trinajstić information content (AvgIpc) is 3.11. The molecule has 4 nitrogen and oxygen atoms in total. The highest BCUT2D eigenvalue weighted by Gasteiger charge is 2.32. The summed E-state index contributed by atoms with van der Waals surface area (Å²) in [5, 5.41) is 12.9. The minimum atomic E-state index is -1.01. The number of nitrogens with zero attached hydrogens (tertiary/aromatic N) is 1. The van der Waals surface area contributed by atoms with Crippen molar-refractivity contribution in [2.45, 2.75) is 50.7 Å². The molecule has 132 valence electrons. The van der Waals surface area contributed by atoms with E-state index in [1.807, 2.05) is 0 Å². The van der Waals surface area contributed by atoms with E-state index < -0.39 is 11.9 Å². The zero-order chi connectivity index (χ0) is 16.9. The van der Waals surface area contributed by atoms with Crippen molar-refractivity contribution >= 4 is 5.91 Å². The van der Waals surface area contributed by atoms with Crippen LogP contribution < -0.4 is 5.32 Å². The quantitative estimate of drug-likeness (QED) is 0.870. The zero-order valence-corrected chi connectivity index (χ0v) is 14.1. The first kappa shape index (κ1) is 17.4. The third kappa shape index (κ3) is 4.14. The van der Waals surface area contributed by atoms with Crippen LogP contribution in [0.5, 0.6) is 0 Å². The SMILES string of the molecule is O=C(NCC(O)c1ccccc1F)C1CCN(C2CCCCC2)C1. The smallest absolute Gasteiger partial charge is 0.224 e. The van der Waals surface area contributed by atoms with E-state index in [2.05, 4.69) is 10.2 Å². The largest absolute Gasteiger partial charge is 0.386 e. The summed E-state index contributed by atoms with van der Waals surface area (Å²) >= 11 is 0. The number of carbonyl (C=O) groups excluding carboxylic acids is 1. The Kier molecular flexibility index (Phi) is 5.85. The van der Waals surface area contributed by atoms with Crippen LogP contribution in [0.3, 0.4) is 0 Å². The molecule has 1 aromatic rings. The highest BCUT2D eigenvalue weighted by molar-refractivity contribution is 5.79. The predicted octanol–water partition coefficient (Wildman–Crippen LogP) is 2.63. The molecule has 1 aliphatic heterocycles. The first-order valence-corrected chi connectivity index (χ1v) is 9.09. The van der Waals surface area contributed by atoms with Crippen molar-refractivity contribution in [2.75, 3.05) is 19.6 Å². The lowest BCUT2D eigenvalue weighted by Crippen LogP contribution is -2.38. The Morgan fingerprint density at radius 3 is 2.75 bits per heavy atom. The zero-order valence-electron chi connectivity index (χ0n) is 14.1. The number of benzene rings is 1. The number of likely N-dealkylation sites (tertiary alicyclic amines) is 1. The molecule has 2 atom stereocenters. The lowest BCUT2D eigenvalue weighted by molar-refractivity contribution is -0.125. The summed E-state index contributed by atoms with van der Waals surface area (Å²) in [6, 6.07) is 6.78. The fraction of sp³-hybridized carbons (Fsp3) is 0.632. The molecule has 2 aliphatic rings. The predicted molar refractivity (Wildman–Crippen MR) is 90.9 cm³/mol. The molecule has 0 spiro atoms. The molecule has 1 saturated carbocycles. The van der Waals surface area contributed by atoms with Crippen LogP contribution in [0.1, 0.15) is 50.2 Å². The Morgan fingerprint density at radius 1 is 1.25 bits per heavy atom. The summed E-state index contributed by atoms with van der Waals surface area (Å²) in [4.78, 5) is 14.8. The van der Waals surface area contributed by atoms with Crippen LogP contribution in [0.2, 0.25) is 0 Å². The summed E-state index contributed by atoms with van der Waals surface area (Å²) in [6.07, 6.45) is 6.30. The van der Waals surface area contributed by atoms with Crippen molar-refractivity contribution in [1.82, 2.24) is 10.2 Å². The monoisotopic (exact) mass is 334 g/mol. The molecule has 0 aromatic heterocycles. The first-order chi connectivity index (χ1) is 11.6. The van der Waals surface area contributed by atoms with Gasteiger partial charge in [0.25, 0.3) is 0 Å². The summed E-state index contributed by atoms with van der Waals surface area (Å²) in [7, 11) is 0. The molecule has 0 bridgehead atoms. The van der Waals surface area contributed by atoms with Gasteiger partial charge in [0.2, 0.25) is 5.91 Å². The van der Waals surface area contributed by atoms with E-state index in [1.54, 1.807) is 18.2 Å². The fourth-order valence-corrected chi connectivity index (χ4v) is 3.98. The van der Waals surface area contributed by atoms with Gasteiger partial charge in [-0.25, -0.2) is 4.39 Å². The van der Waals surface area contributed by atoms with Gasteiger partial charge in [0.05, 0.1) is 12.0 Å². The molecule has 2 N–H and O–H groups in total. The van der Waals surface area contributed by atoms with E-state index in [0.29, 0.717) is 6.04 Å². The normalized spacial score (nSPS) is 24.0. The van der Waals surface area contributed by atoms with Crippen LogP contribution in [-0.4, -0.2) is 41.6 Å². The maximum Gasteiger partial charge on any atom is 0.224 e. The number of halogens is 1. The molecule has 5 heteroatoms. The van der Waals surface area contributed by atoms with Crippen LogP contribution >= 0.6 is 0 Å². The van der Waals surface area contributed by atoms with Gasteiger partial charge in [0.1, 0.15) is 5.82 Å². The van der Waals surface area contributed by atoms with Crippen molar-refractivity contribution in [3.8, 4) is 0 Å². The van der Waals surface area contributed by atoms with Crippen LogP contribution in [0.4, 0.5) is 4.39 Å². The Bertz CT molecular complexity index is 560. The van der Waals surface area contributed by atoms with Crippen molar-refractivity contribution in [2.24, 2.45) is 5.92 Å². The molecule has 2 unspecified atom stereocenters. The Balaban J connectivity index is 1.46. The van der Waals surface area contributed by atoms with Crippen molar-refractivity contribution in [3.63, 3.8) is 0 Å². The molecule has 1 aliphatic carbocycles. The Labute approximate surface area is 143 Å². The van der Waals surface area contributed by atoms with E-state index in [1.165, 1.54) is 38.2 Å². The second kappa shape index (κ2) is 8.08. The van der Waals surface area contributed by atoms with Gasteiger partial charge < -0.3 is 10.4 Å². The number of nitrogens with one attached hydrogen (secondary N) is 1. The molecule has 1 aromatic carbocycles.